The summed E-state index contributed by atoms with van der Waals surface area (Å²) >= 11 is 1.38. The number of nitrogens with one attached hydrogen (secondary N) is 1. The van der Waals surface area contributed by atoms with Crippen molar-refractivity contribution in [2.75, 3.05) is 17.3 Å². The number of sulfone groups is 1. The zero-order chi connectivity index (χ0) is 13.3. The molecule has 0 bridgehead atoms. The molecule has 1 N–H and O–H groups in total. The Morgan fingerprint density at radius 2 is 2.22 bits per heavy atom. The molecule has 98 valence electrons. The zero-order valence-corrected chi connectivity index (χ0v) is 11.6. The average Bonchev–Trinajstić information content (AvgIpc) is 2.55. The van der Waals surface area contributed by atoms with Crippen molar-refractivity contribution in [1.29, 1.82) is 0 Å². The minimum Gasteiger partial charge on any atom is -0.358 e. The second-order valence-electron chi connectivity index (χ2n) is 4.27. The first-order chi connectivity index (χ1) is 8.33. The van der Waals surface area contributed by atoms with Gasteiger partial charge in [-0.2, -0.15) is 0 Å². The van der Waals surface area contributed by atoms with Gasteiger partial charge >= 0.3 is 0 Å². The highest BCUT2D eigenvalue weighted by Gasteiger charge is 2.12. The highest BCUT2D eigenvalue weighted by atomic mass is 32.2. The average molecular weight is 288 g/mol. The van der Waals surface area contributed by atoms with Crippen molar-refractivity contribution < 1.29 is 12.8 Å². The van der Waals surface area contributed by atoms with E-state index in [2.05, 4.69) is 10.3 Å². The second-order valence-corrected chi connectivity index (χ2v) is 7.48. The lowest BCUT2D eigenvalue weighted by atomic mass is 10.3. The maximum atomic E-state index is 13.0. The van der Waals surface area contributed by atoms with Gasteiger partial charge in [-0.3, -0.25) is 0 Å². The standard InChI is InChI=1S/C11H13FN2O2S2/c1-7(6-18(2,15)16)13-11-14-9-5-8(12)3-4-10(9)17-11/h3-5,7H,6H2,1-2H3,(H,13,14). The molecule has 0 saturated heterocycles. The van der Waals surface area contributed by atoms with Gasteiger partial charge < -0.3 is 5.32 Å². The third kappa shape index (κ3) is 3.39. The Morgan fingerprint density at radius 1 is 1.50 bits per heavy atom. The Labute approximate surface area is 109 Å². The van der Waals surface area contributed by atoms with E-state index in [1.165, 1.54) is 29.7 Å². The van der Waals surface area contributed by atoms with E-state index in [1.54, 1.807) is 13.0 Å². The SMILES string of the molecule is CC(CS(C)(=O)=O)Nc1nc2cc(F)ccc2s1. The summed E-state index contributed by atoms with van der Waals surface area (Å²) in [5.74, 6) is -0.291. The van der Waals surface area contributed by atoms with E-state index in [4.69, 9.17) is 0 Å². The molecule has 1 atom stereocenters. The van der Waals surface area contributed by atoms with Crippen LogP contribution in [-0.2, 0) is 9.84 Å². The first-order valence-corrected chi connectivity index (χ1v) is 8.21. The summed E-state index contributed by atoms with van der Waals surface area (Å²) < 4.78 is 36.1. The molecule has 2 aromatic rings. The summed E-state index contributed by atoms with van der Waals surface area (Å²) in [6.45, 7) is 1.77. The van der Waals surface area contributed by atoms with Crippen LogP contribution in [0.3, 0.4) is 0 Å². The number of benzene rings is 1. The summed E-state index contributed by atoms with van der Waals surface area (Å²) in [5.41, 5.74) is 0.578. The maximum absolute atomic E-state index is 13.0. The van der Waals surface area contributed by atoms with Gasteiger partial charge in [0.15, 0.2) is 5.13 Å². The zero-order valence-electron chi connectivity index (χ0n) is 9.97. The molecular formula is C11H13FN2O2S2. The Morgan fingerprint density at radius 3 is 2.89 bits per heavy atom. The number of halogens is 1. The highest BCUT2D eigenvalue weighted by molar-refractivity contribution is 7.90. The lowest BCUT2D eigenvalue weighted by Gasteiger charge is -2.10. The fourth-order valence-electron chi connectivity index (χ4n) is 1.67. The first kappa shape index (κ1) is 13.2. The summed E-state index contributed by atoms with van der Waals surface area (Å²) in [6.07, 6.45) is 1.19. The van der Waals surface area contributed by atoms with Crippen molar-refractivity contribution in [3.8, 4) is 0 Å². The van der Waals surface area contributed by atoms with Crippen molar-refractivity contribution in [3.63, 3.8) is 0 Å². The van der Waals surface area contributed by atoms with Gasteiger partial charge in [-0.05, 0) is 19.1 Å². The Bertz CT molecular complexity index is 667. The van der Waals surface area contributed by atoms with E-state index < -0.39 is 9.84 Å². The van der Waals surface area contributed by atoms with Gasteiger partial charge in [0.2, 0.25) is 0 Å². The lowest BCUT2D eigenvalue weighted by Crippen LogP contribution is -2.24. The van der Waals surface area contributed by atoms with Gasteiger partial charge in [-0.25, -0.2) is 17.8 Å². The number of aromatic nitrogens is 1. The van der Waals surface area contributed by atoms with Crippen molar-refractivity contribution in [3.05, 3.63) is 24.0 Å². The van der Waals surface area contributed by atoms with E-state index in [0.29, 0.717) is 10.6 Å². The molecule has 0 amide bonds. The monoisotopic (exact) mass is 288 g/mol. The summed E-state index contributed by atoms with van der Waals surface area (Å²) in [7, 11) is -3.03. The molecule has 4 nitrogen and oxygen atoms in total. The Balaban J connectivity index is 2.17. The third-order valence-electron chi connectivity index (χ3n) is 2.27. The first-order valence-electron chi connectivity index (χ1n) is 5.34. The fourth-order valence-corrected chi connectivity index (χ4v) is 3.62. The number of thiazole rings is 1. The molecule has 0 aliphatic carbocycles. The molecule has 0 aliphatic rings. The molecule has 1 heterocycles. The molecular weight excluding hydrogens is 275 g/mol. The van der Waals surface area contributed by atoms with E-state index in [-0.39, 0.29) is 17.6 Å². The lowest BCUT2D eigenvalue weighted by molar-refractivity contribution is 0.598. The van der Waals surface area contributed by atoms with Crippen LogP contribution in [0.1, 0.15) is 6.92 Å². The van der Waals surface area contributed by atoms with E-state index in [9.17, 15) is 12.8 Å². The number of hydrogen-bond acceptors (Lipinski definition) is 5. The molecule has 1 aromatic heterocycles. The molecule has 0 radical (unpaired) electrons. The molecule has 1 aromatic carbocycles. The minimum absolute atomic E-state index is 0.0390. The van der Waals surface area contributed by atoms with Crippen LogP contribution in [0.15, 0.2) is 18.2 Å². The van der Waals surface area contributed by atoms with Crippen LogP contribution < -0.4 is 5.32 Å². The molecule has 7 heteroatoms. The third-order valence-corrected chi connectivity index (χ3v) is 4.35. The number of hydrogen-bond donors (Lipinski definition) is 1. The van der Waals surface area contributed by atoms with Gasteiger partial charge in [0.25, 0.3) is 0 Å². The number of rotatable bonds is 4. The largest absolute Gasteiger partial charge is 0.358 e. The smallest absolute Gasteiger partial charge is 0.184 e. The summed E-state index contributed by atoms with van der Waals surface area (Å²) in [5, 5.41) is 3.62. The molecule has 2 rings (SSSR count). The van der Waals surface area contributed by atoms with Crippen molar-refractivity contribution in [2.45, 2.75) is 13.0 Å². The normalized spacial score (nSPS) is 13.7. The summed E-state index contributed by atoms with van der Waals surface area (Å²) in [4.78, 5) is 4.22. The maximum Gasteiger partial charge on any atom is 0.184 e. The van der Waals surface area contributed by atoms with Gasteiger partial charge in [-0.15, -0.1) is 0 Å². The highest BCUT2D eigenvalue weighted by Crippen LogP contribution is 2.26. The van der Waals surface area contributed by atoms with Gasteiger partial charge in [0.1, 0.15) is 15.7 Å². The quantitative estimate of drug-likeness (QED) is 0.937. The van der Waals surface area contributed by atoms with Gasteiger partial charge in [-0.1, -0.05) is 11.3 Å². The van der Waals surface area contributed by atoms with Crippen molar-refractivity contribution in [2.24, 2.45) is 0 Å². The van der Waals surface area contributed by atoms with Crippen LogP contribution in [0.4, 0.5) is 9.52 Å². The van der Waals surface area contributed by atoms with E-state index >= 15 is 0 Å². The summed E-state index contributed by atoms with van der Waals surface area (Å²) in [6, 6.07) is 4.17. The Hall–Kier alpha value is -1.21. The fraction of sp³-hybridized carbons (Fsp3) is 0.364. The van der Waals surface area contributed by atoms with Crippen molar-refractivity contribution >= 4 is 36.5 Å². The number of nitrogens with zero attached hydrogens (tertiary/aromatic N) is 1. The van der Waals surface area contributed by atoms with E-state index in [1.807, 2.05) is 0 Å². The van der Waals surface area contributed by atoms with E-state index in [0.717, 1.165) is 4.70 Å². The van der Waals surface area contributed by atoms with Crippen LogP contribution in [0.2, 0.25) is 0 Å². The molecule has 0 spiro atoms. The molecule has 0 fully saturated rings. The minimum atomic E-state index is -3.03. The second kappa shape index (κ2) is 4.81. The van der Waals surface area contributed by atoms with Gasteiger partial charge in [0, 0.05) is 18.4 Å². The Kier molecular flexibility index (Phi) is 3.54. The van der Waals surface area contributed by atoms with Crippen LogP contribution in [0, 0.1) is 5.82 Å². The van der Waals surface area contributed by atoms with Gasteiger partial charge in [0.05, 0.1) is 16.0 Å². The topological polar surface area (TPSA) is 59.1 Å². The molecule has 0 aliphatic heterocycles. The predicted molar refractivity (Wildman–Crippen MR) is 72.4 cm³/mol. The van der Waals surface area contributed by atoms with Crippen LogP contribution in [-0.4, -0.2) is 31.5 Å². The molecule has 1 unspecified atom stereocenters. The number of anilines is 1. The van der Waals surface area contributed by atoms with Crippen LogP contribution >= 0.6 is 11.3 Å². The molecule has 18 heavy (non-hydrogen) atoms. The van der Waals surface area contributed by atoms with Crippen LogP contribution in [0.25, 0.3) is 10.2 Å². The number of fused-ring (bicyclic) bond motifs is 1. The van der Waals surface area contributed by atoms with Crippen molar-refractivity contribution in [1.82, 2.24) is 4.98 Å². The predicted octanol–water partition coefficient (Wildman–Crippen LogP) is 2.28. The van der Waals surface area contributed by atoms with Crippen LogP contribution in [0.5, 0.6) is 0 Å². The molecule has 0 saturated carbocycles.